The Bertz CT molecular complexity index is 1010. The van der Waals surface area contributed by atoms with E-state index in [-0.39, 0.29) is 11.4 Å². The van der Waals surface area contributed by atoms with Crippen LogP contribution in [-0.2, 0) is 22.5 Å². The van der Waals surface area contributed by atoms with Crippen molar-refractivity contribution in [3.8, 4) is 5.75 Å². The Morgan fingerprint density at radius 1 is 1.03 bits per heavy atom. The summed E-state index contributed by atoms with van der Waals surface area (Å²) in [6.07, 6.45) is 0.483. The zero-order valence-corrected chi connectivity index (χ0v) is 17.7. The molecule has 0 saturated carbocycles. The van der Waals surface area contributed by atoms with Crippen molar-refractivity contribution in [1.82, 2.24) is 10.3 Å². The molecule has 0 radical (unpaired) electrons. The van der Waals surface area contributed by atoms with Gasteiger partial charge in [-0.3, -0.25) is 4.79 Å². The molecule has 0 fully saturated rings. The van der Waals surface area contributed by atoms with Crippen molar-refractivity contribution in [3.05, 3.63) is 76.8 Å². The van der Waals surface area contributed by atoms with Gasteiger partial charge in [0.1, 0.15) is 5.75 Å². The average molecular weight is 461 g/mol. The molecule has 0 aliphatic heterocycles. The molecule has 3 rings (SSSR count). The van der Waals surface area contributed by atoms with E-state index in [1.165, 1.54) is 23.5 Å². The minimum Gasteiger partial charge on any atom is -0.451 e. The number of halogens is 2. The summed E-state index contributed by atoms with van der Waals surface area (Å²) < 4.78 is 33.6. The third-order valence-corrected chi connectivity index (χ3v) is 5.02. The monoisotopic (exact) mass is 461 g/mol. The number of alkyl halides is 2. The van der Waals surface area contributed by atoms with Crippen molar-refractivity contribution in [1.29, 1.82) is 0 Å². The van der Waals surface area contributed by atoms with Gasteiger partial charge in [0, 0.05) is 18.5 Å². The molecule has 0 unspecified atom stereocenters. The lowest BCUT2D eigenvalue weighted by atomic mass is 10.1. The number of esters is 1. The first-order chi connectivity index (χ1) is 15.5. The highest BCUT2D eigenvalue weighted by Crippen LogP contribution is 2.17. The molecule has 7 nitrogen and oxygen atoms in total. The smallest absolute Gasteiger partial charge is 0.387 e. The zero-order chi connectivity index (χ0) is 22.8. The van der Waals surface area contributed by atoms with Gasteiger partial charge in [-0.15, -0.1) is 11.3 Å². The molecule has 168 valence electrons. The summed E-state index contributed by atoms with van der Waals surface area (Å²) in [5, 5.41) is 7.91. The SMILES string of the molecule is O=C(COC(=O)c1csc(NCc2ccccc2)n1)NCCc1ccc(OC(F)F)cc1. The van der Waals surface area contributed by atoms with Crippen molar-refractivity contribution >= 4 is 28.3 Å². The normalized spacial score (nSPS) is 10.6. The molecule has 2 N–H and O–H groups in total. The van der Waals surface area contributed by atoms with E-state index in [1.807, 2.05) is 30.3 Å². The number of amides is 1. The van der Waals surface area contributed by atoms with Crippen LogP contribution in [0.2, 0.25) is 0 Å². The fourth-order valence-corrected chi connectivity index (χ4v) is 3.34. The van der Waals surface area contributed by atoms with Crippen LogP contribution in [0.15, 0.2) is 60.0 Å². The number of nitrogens with zero attached hydrogens (tertiary/aromatic N) is 1. The number of hydrogen-bond donors (Lipinski definition) is 2. The summed E-state index contributed by atoms with van der Waals surface area (Å²) in [5.41, 5.74) is 2.05. The first kappa shape index (κ1) is 23.1. The fraction of sp³-hybridized carbons (Fsp3) is 0.227. The van der Waals surface area contributed by atoms with E-state index >= 15 is 0 Å². The maximum absolute atomic E-state index is 12.1. The van der Waals surface area contributed by atoms with E-state index < -0.39 is 25.1 Å². The van der Waals surface area contributed by atoms with Gasteiger partial charge in [-0.25, -0.2) is 9.78 Å². The number of carbonyl (C=O) groups is 2. The first-order valence-electron chi connectivity index (χ1n) is 9.70. The number of thiazole rings is 1. The number of aromatic nitrogens is 1. The molecule has 0 aliphatic rings. The standard InChI is InChI=1S/C22H21F2N3O4S/c23-21(24)31-17-8-6-15(7-9-17)10-11-25-19(28)13-30-20(29)18-14-32-22(27-18)26-12-16-4-2-1-3-5-16/h1-9,14,21H,10-13H2,(H,25,28)(H,26,27). The van der Waals surface area contributed by atoms with Gasteiger partial charge < -0.3 is 20.1 Å². The Morgan fingerprint density at radius 3 is 2.50 bits per heavy atom. The molecule has 3 aromatic rings. The number of carbonyl (C=O) groups excluding carboxylic acids is 2. The van der Waals surface area contributed by atoms with Crippen LogP contribution in [0.25, 0.3) is 0 Å². The van der Waals surface area contributed by atoms with E-state index in [2.05, 4.69) is 20.4 Å². The Kier molecular flexibility index (Phi) is 8.50. The quantitative estimate of drug-likeness (QED) is 0.422. The summed E-state index contributed by atoms with van der Waals surface area (Å²) in [7, 11) is 0. The molecule has 0 spiro atoms. The number of anilines is 1. The summed E-state index contributed by atoms with van der Waals surface area (Å²) in [4.78, 5) is 28.2. The lowest BCUT2D eigenvalue weighted by molar-refractivity contribution is -0.124. The van der Waals surface area contributed by atoms with Crippen LogP contribution in [0.3, 0.4) is 0 Å². The summed E-state index contributed by atoms with van der Waals surface area (Å²) >= 11 is 1.27. The summed E-state index contributed by atoms with van der Waals surface area (Å²) in [6.45, 7) is -2.42. The minimum atomic E-state index is -2.87. The Balaban J connectivity index is 1.35. The van der Waals surface area contributed by atoms with E-state index in [0.29, 0.717) is 24.6 Å². The molecular weight excluding hydrogens is 440 g/mol. The van der Waals surface area contributed by atoms with E-state index in [0.717, 1.165) is 11.1 Å². The minimum absolute atomic E-state index is 0.0696. The largest absolute Gasteiger partial charge is 0.451 e. The maximum atomic E-state index is 12.1. The fourth-order valence-electron chi connectivity index (χ4n) is 2.66. The third-order valence-electron chi connectivity index (χ3n) is 4.22. The predicted molar refractivity (Wildman–Crippen MR) is 116 cm³/mol. The number of nitrogens with one attached hydrogen (secondary N) is 2. The van der Waals surface area contributed by atoms with Crippen LogP contribution in [0.1, 0.15) is 21.6 Å². The Labute approximate surface area is 187 Å². The van der Waals surface area contributed by atoms with Gasteiger partial charge in [0.15, 0.2) is 17.4 Å². The molecule has 2 aromatic carbocycles. The van der Waals surface area contributed by atoms with Crippen molar-refractivity contribution in [3.63, 3.8) is 0 Å². The van der Waals surface area contributed by atoms with Crippen molar-refractivity contribution in [2.24, 2.45) is 0 Å². The number of rotatable bonds is 11. The van der Waals surface area contributed by atoms with Gasteiger partial charge in [0.05, 0.1) is 0 Å². The maximum Gasteiger partial charge on any atom is 0.387 e. The number of benzene rings is 2. The summed E-state index contributed by atoms with van der Waals surface area (Å²) in [6, 6.07) is 15.9. The molecule has 1 amide bonds. The van der Waals surface area contributed by atoms with Gasteiger partial charge >= 0.3 is 12.6 Å². The van der Waals surface area contributed by atoms with Crippen molar-refractivity contribution in [2.45, 2.75) is 19.6 Å². The molecule has 0 aliphatic carbocycles. The predicted octanol–water partition coefficient (Wildman–Crippen LogP) is 3.87. The Hall–Kier alpha value is -3.53. The summed E-state index contributed by atoms with van der Waals surface area (Å²) in [5.74, 6) is -1.06. The highest BCUT2D eigenvalue weighted by atomic mass is 32.1. The van der Waals surface area contributed by atoms with Crippen LogP contribution in [0.4, 0.5) is 13.9 Å². The molecular formula is C22H21F2N3O4S. The average Bonchev–Trinajstić information content (AvgIpc) is 3.27. The van der Waals surface area contributed by atoms with Gasteiger partial charge in [-0.2, -0.15) is 8.78 Å². The van der Waals surface area contributed by atoms with Gasteiger partial charge in [0.2, 0.25) is 0 Å². The van der Waals surface area contributed by atoms with E-state index in [9.17, 15) is 18.4 Å². The zero-order valence-electron chi connectivity index (χ0n) is 16.9. The highest BCUT2D eigenvalue weighted by molar-refractivity contribution is 7.13. The second-order valence-electron chi connectivity index (χ2n) is 6.58. The molecule has 0 atom stereocenters. The Morgan fingerprint density at radius 2 is 1.78 bits per heavy atom. The van der Waals surface area contributed by atoms with Crippen molar-refractivity contribution in [2.75, 3.05) is 18.5 Å². The van der Waals surface area contributed by atoms with E-state index in [1.54, 1.807) is 17.5 Å². The second-order valence-corrected chi connectivity index (χ2v) is 7.43. The first-order valence-corrected chi connectivity index (χ1v) is 10.6. The van der Waals surface area contributed by atoms with Crippen LogP contribution in [0, 0.1) is 0 Å². The highest BCUT2D eigenvalue weighted by Gasteiger charge is 2.14. The second kappa shape index (κ2) is 11.8. The van der Waals surface area contributed by atoms with Crippen LogP contribution < -0.4 is 15.4 Å². The van der Waals surface area contributed by atoms with Gasteiger partial charge in [0.25, 0.3) is 5.91 Å². The molecule has 32 heavy (non-hydrogen) atoms. The topological polar surface area (TPSA) is 89.6 Å². The van der Waals surface area contributed by atoms with Gasteiger partial charge in [-0.05, 0) is 29.7 Å². The van der Waals surface area contributed by atoms with Crippen molar-refractivity contribution < 1.29 is 27.8 Å². The lowest BCUT2D eigenvalue weighted by Gasteiger charge is -2.07. The number of ether oxygens (including phenoxy) is 2. The van der Waals surface area contributed by atoms with Crippen LogP contribution in [-0.4, -0.2) is 36.6 Å². The van der Waals surface area contributed by atoms with Crippen LogP contribution >= 0.6 is 11.3 Å². The number of hydrogen-bond acceptors (Lipinski definition) is 7. The van der Waals surface area contributed by atoms with Gasteiger partial charge in [-0.1, -0.05) is 42.5 Å². The molecule has 10 heteroatoms. The van der Waals surface area contributed by atoms with E-state index in [4.69, 9.17) is 4.74 Å². The molecule has 1 heterocycles. The molecule has 0 bridgehead atoms. The van der Waals surface area contributed by atoms with Crippen LogP contribution in [0.5, 0.6) is 5.75 Å². The molecule has 1 aromatic heterocycles. The molecule has 0 saturated heterocycles. The third kappa shape index (κ3) is 7.62. The lowest BCUT2D eigenvalue weighted by Crippen LogP contribution is -2.30.